The number of amides is 2. The average Bonchev–Trinajstić information content (AvgIpc) is 2.85. The highest BCUT2D eigenvalue weighted by atomic mass is 32.1. The van der Waals surface area contributed by atoms with Gasteiger partial charge in [-0.25, -0.2) is 14.6 Å². The van der Waals surface area contributed by atoms with Crippen LogP contribution in [0.3, 0.4) is 0 Å². The van der Waals surface area contributed by atoms with Crippen molar-refractivity contribution >= 4 is 29.0 Å². The van der Waals surface area contributed by atoms with Gasteiger partial charge in [0.25, 0.3) is 0 Å². The lowest BCUT2D eigenvalue weighted by Crippen LogP contribution is -2.31. The van der Waals surface area contributed by atoms with E-state index in [2.05, 4.69) is 15.6 Å². The first-order valence-corrected chi connectivity index (χ1v) is 7.22. The molecule has 0 atom stereocenters. The lowest BCUT2D eigenvalue weighted by molar-refractivity contribution is 0.0698. The highest BCUT2D eigenvalue weighted by Crippen LogP contribution is 2.14. The van der Waals surface area contributed by atoms with Crippen LogP contribution in [-0.4, -0.2) is 28.6 Å². The molecule has 0 aliphatic heterocycles. The number of hydrogen-bond acceptors (Lipinski definition) is 4. The molecular weight excluding hydrogens is 290 g/mol. The molecule has 0 fully saturated rings. The van der Waals surface area contributed by atoms with E-state index in [1.54, 1.807) is 29.5 Å². The molecule has 1 aromatic heterocycles. The van der Waals surface area contributed by atoms with Crippen molar-refractivity contribution in [2.45, 2.75) is 13.3 Å². The van der Waals surface area contributed by atoms with Crippen LogP contribution in [0.25, 0.3) is 0 Å². The standard InChI is InChI=1S/C14H15N3O3S/c1-9-16-10(8-21-9)6-7-15-14(20)17-12-5-3-2-4-11(12)13(18)19/h2-5,8H,6-7H2,1H3,(H,18,19)(H2,15,17,20). The summed E-state index contributed by atoms with van der Waals surface area (Å²) in [6.07, 6.45) is 0.637. The number of benzene rings is 1. The Bertz CT molecular complexity index is 654. The third-order valence-corrected chi connectivity index (χ3v) is 3.56. The predicted octanol–water partition coefficient (Wildman–Crippen LogP) is 2.51. The molecule has 3 N–H and O–H groups in total. The number of rotatable bonds is 5. The van der Waals surface area contributed by atoms with E-state index < -0.39 is 12.0 Å². The van der Waals surface area contributed by atoms with Crippen LogP contribution in [-0.2, 0) is 6.42 Å². The number of nitrogens with one attached hydrogen (secondary N) is 2. The number of thiazole rings is 1. The van der Waals surface area contributed by atoms with Crippen LogP contribution in [0.4, 0.5) is 10.5 Å². The summed E-state index contributed by atoms with van der Waals surface area (Å²) >= 11 is 1.57. The minimum atomic E-state index is -1.08. The Kier molecular flexibility index (Phi) is 4.89. The van der Waals surface area contributed by atoms with Crippen molar-refractivity contribution in [2.75, 3.05) is 11.9 Å². The molecule has 1 aromatic carbocycles. The minimum absolute atomic E-state index is 0.0581. The summed E-state index contributed by atoms with van der Waals surface area (Å²) in [5.41, 5.74) is 1.26. The molecule has 21 heavy (non-hydrogen) atoms. The Morgan fingerprint density at radius 3 is 2.76 bits per heavy atom. The van der Waals surface area contributed by atoms with E-state index in [-0.39, 0.29) is 11.3 Å². The predicted molar refractivity (Wildman–Crippen MR) is 81.0 cm³/mol. The van der Waals surface area contributed by atoms with E-state index in [4.69, 9.17) is 5.11 Å². The number of carboxylic acids is 1. The summed E-state index contributed by atoms with van der Waals surface area (Å²) in [4.78, 5) is 27.1. The van der Waals surface area contributed by atoms with E-state index in [9.17, 15) is 9.59 Å². The van der Waals surface area contributed by atoms with Gasteiger partial charge in [-0.3, -0.25) is 0 Å². The van der Waals surface area contributed by atoms with E-state index >= 15 is 0 Å². The topological polar surface area (TPSA) is 91.3 Å². The van der Waals surface area contributed by atoms with Crippen molar-refractivity contribution in [1.82, 2.24) is 10.3 Å². The van der Waals surface area contributed by atoms with Crippen LogP contribution in [0.5, 0.6) is 0 Å². The van der Waals surface area contributed by atoms with Crippen LogP contribution >= 0.6 is 11.3 Å². The van der Waals surface area contributed by atoms with Crippen LogP contribution in [0.1, 0.15) is 21.1 Å². The third kappa shape index (κ3) is 4.28. The lowest BCUT2D eigenvalue weighted by Gasteiger charge is -2.09. The van der Waals surface area contributed by atoms with Gasteiger partial charge in [-0.2, -0.15) is 0 Å². The van der Waals surface area contributed by atoms with E-state index in [1.165, 1.54) is 6.07 Å². The molecule has 0 spiro atoms. The molecular formula is C14H15N3O3S. The number of aromatic carboxylic acids is 1. The molecule has 2 aromatic rings. The number of nitrogens with zero attached hydrogens (tertiary/aromatic N) is 1. The first-order chi connectivity index (χ1) is 10.1. The fourth-order valence-corrected chi connectivity index (χ4v) is 2.42. The van der Waals surface area contributed by atoms with Crippen molar-refractivity contribution < 1.29 is 14.7 Å². The molecule has 0 aliphatic rings. The average molecular weight is 305 g/mol. The molecule has 6 nitrogen and oxygen atoms in total. The van der Waals surface area contributed by atoms with Gasteiger partial charge in [-0.1, -0.05) is 12.1 Å². The maximum absolute atomic E-state index is 11.7. The van der Waals surface area contributed by atoms with Crippen molar-refractivity contribution in [2.24, 2.45) is 0 Å². The number of aromatic nitrogens is 1. The van der Waals surface area contributed by atoms with Gasteiger partial charge in [0.05, 0.1) is 22.0 Å². The van der Waals surface area contributed by atoms with E-state index in [0.29, 0.717) is 13.0 Å². The second-order valence-corrected chi connectivity index (χ2v) is 5.40. The Hall–Kier alpha value is -2.41. The van der Waals surface area contributed by atoms with E-state index in [0.717, 1.165) is 10.7 Å². The molecule has 2 amide bonds. The molecule has 0 bridgehead atoms. The largest absolute Gasteiger partial charge is 0.478 e. The number of anilines is 1. The Morgan fingerprint density at radius 2 is 2.10 bits per heavy atom. The Morgan fingerprint density at radius 1 is 1.33 bits per heavy atom. The monoisotopic (exact) mass is 305 g/mol. The van der Waals surface area contributed by atoms with Gasteiger partial charge < -0.3 is 15.7 Å². The zero-order chi connectivity index (χ0) is 15.2. The normalized spacial score (nSPS) is 10.1. The van der Waals surface area contributed by atoms with Gasteiger partial charge in [-0.05, 0) is 19.1 Å². The summed E-state index contributed by atoms with van der Waals surface area (Å²) in [7, 11) is 0. The van der Waals surface area contributed by atoms with Gasteiger partial charge in [-0.15, -0.1) is 11.3 Å². The second-order valence-electron chi connectivity index (χ2n) is 4.34. The number of carbonyl (C=O) groups is 2. The number of urea groups is 1. The van der Waals surface area contributed by atoms with E-state index in [1.807, 2.05) is 12.3 Å². The molecule has 7 heteroatoms. The maximum atomic E-state index is 11.7. The van der Waals surface area contributed by atoms with Crippen molar-refractivity contribution in [3.63, 3.8) is 0 Å². The summed E-state index contributed by atoms with van der Waals surface area (Å²) in [6.45, 7) is 2.36. The van der Waals surface area contributed by atoms with Crippen molar-refractivity contribution in [3.05, 3.63) is 45.9 Å². The van der Waals surface area contributed by atoms with Crippen LogP contribution in [0, 0.1) is 6.92 Å². The SMILES string of the molecule is Cc1nc(CCNC(=O)Nc2ccccc2C(=O)O)cs1. The summed E-state index contributed by atoms with van der Waals surface area (Å²) < 4.78 is 0. The van der Waals surface area contributed by atoms with Crippen LogP contribution in [0.2, 0.25) is 0 Å². The fraction of sp³-hybridized carbons (Fsp3) is 0.214. The zero-order valence-corrected chi connectivity index (χ0v) is 12.2. The molecule has 0 saturated carbocycles. The Labute approximate surface area is 125 Å². The highest BCUT2D eigenvalue weighted by molar-refractivity contribution is 7.09. The number of aryl methyl sites for hydroxylation is 1. The summed E-state index contributed by atoms with van der Waals surface area (Å²) in [6, 6.07) is 5.83. The minimum Gasteiger partial charge on any atom is -0.478 e. The molecule has 2 rings (SSSR count). The van der Waals surface area contributed by atoms with Gasteiger partial charge in [0, 0.05) is 18.3 Å². The number of para-hydroxylation sites is 1. The lowest BCUT2D eigenvalue weighted by atomic mass is 10.2. The quantitative estimate of drug-likeness (QED) is 0.791. The summed E-state index contributed by atoms with van der Waals surface area (Å²) in [5, 5.41) is 17.2. The molecule has 1 heterocycles. The zero-order valence-electron chi connectivity index (χ0n) is 11.4. The van der Waals surface area contributed by atoms with Crippen LogP contribution in [0.15, 0.2) is 29.6 Å². The van der Waals surface area contributed by atoms with Gasteiger partial charge >= 0.3 is 12.0 Å². The number of hydrogen-bond donors (Lipinski definition) is 3. The fourth-order valence-electron chi connectivity index (χ4n) is 1.77. The van der Waals surface area contributed by atoms with Gasteiger partial charge in [0.2, 0.25) is 0 Å². The summed E-state index contributed by atoms with van der Waals surface area (Å²) in [5.74, 6) is -1.08. The molecule has 110 valence electrons. The third-order valence-electron chi connectivity index (χ3n) is 2.74. The second kappa shape index (κ2) is 6.85. The first kappa shape index (κ1) is 15.0. The van der Waals surface area contributed by atoms with Crippen LogP contribution < -0.4 is 10.6 Å². The maximum Gasteiger partial charge on any atom is 0.337 e. The highest BCUT2D eigenvalue weighted by Gasteiger charge is 2.11. The molecule has 0 saturated heterocycles. The van der Waals surface area contributed by atoms with Gasteiger partial charge in [0.1, 0.15) is 0 Å². The number of carboxylic acid groups (broad SMARTS) is 1. The van der Waals surface area contributed by atoms with Gasteiger partial charge in [0.15, 0.2) is 0 Å². The molecule has 0 radical (unpaired) electrons. The molecule has 0 unspecified atom stereocenters. The smallest absolute Gasteiger partial charge is 0.337 e. The number of carbonyl (C=O) groups excluding carboxylic acids is 1. The Balaban J connectivity index is 1.86. The molecule has 0 aliphatic carbocycles. The van der Waals surface area contributed by atoms with Crippen molar-refractivity contribution in [1.29, 1.82) is 0 Å². The van der Waals surface area contributed by atoms with Crippen molar-refractivity contribution in [3.8, 4) is 0 Å². The first-order valence-electron chi connectivity index (χ1n) is 6.34.